The molecule has 0 amide bonds. The summed E-state index contributed by atoms with van der Waals surface area (Å²) in [5.41, 5.74) is 1.04. The van der Waals surface area contributed by atoms with Crippen molar-refractivity contribution in [1.29, 1.82) is 0 Å². The first-order chi connectivity index (χ1) is 1.91. The van der Waals surface area contributed by atoms with Crippen LogP contribution in [0.4, 0.5) is 0 Å². The Morgan fingerprint density at radius 2 is 2.00 bits per heavy atom. The molecule has 26 valence electrons. The van der Waals surface area contributed by atoms with E-state index in [0.29, 0.717) is 0 Å². The Balaban J connectivity index is 0. The monoisotopic (exact) mass is 103 g/mol. The predicted molar refractivity (Wildman–Crippen MR) is 16.6 cm³/mol. The van der Waals surface area contributed by atoms with Crippen LogP contribution in [0.1, 0.15) is 0 Å². The Bertz CT molecular complexity index is 11.6. The molecule has 5 heteroatoms. The summed E-state index contributed by atoms with van der Waals surface area (Å²) in [6, 6.07) is 0. The van der Waals surface area contributed by atoms with Crippen LogP contribution in [0, 0.1) is 5.21 Å². The third kappa shape index (κ3) is 11.0. The molecule has 0 aliphatic heterocycles. The van der Waals surface area contributed by atoms with E-state index in [2.05, 4.69) is 17.2 Å². The number of rotatable bonds is 1. The summed E-state index contributed by atoms with van der Waals surface area (Å²) in [5.74, 6) is 0. The molecule has 1 N–H and O–H groups in total. The molecule has 0 saturated carbocycles. The van der Waals surface area contributed by atoms with Gasteiger partial charge in [-0.1, -0.05) is 0 Å². The standard InChI is InChI=1S/H2NO2S.Na/c2-1-3-4;/h1,4H;/q-1;+1. The maximum absolute atomic E-state index is 8.75. The minimum absolute atomic E-state index is 0. The van der Waals surface area contributed by atoms with Crippen LogP contribution in [-0.2, 0) is 4.28 Å². The summed E-state index contributed by atoms with van der Waals surface area (Å²) in [5, 5.41) is 8.75. The van der Waals surface area contributed by atoms with E-state index < -0.39 is 0 Å². The van der Waals surface area contributed by atoms with E-state index in [1.165, 1.54) is 0 Å². The van der Waals surface area contributed by atoms with Gasteiger partial charge in [-0.2, -0.15) is 0 Å². The van der Waals surface area contributed by atoms with Gasteiger partial charge in [0.2, 0.25) is 0 Å². The van der Waals surface area contributed by atoms with Crippen molar-refractivity contribution >= 4 is 12.9 Å². The zero-order valence-corrected chi connectivity index (χ0v) is 5.66. The molecule has 0 aromatic rings. The topological polar surface area (TPSA) is 44.3 Å². The van der Waals surface area contributed by atoms with Gasteiger partial charge in [0.05, 0.1) is 0 Å². The van der Waals surface area contributed by atoms with E-state index >= 15 is 0 Å². The average molecular weight is 103 g/mol. The maximum Gasteiger partial charge on any atom is 1.00 e. The van der Waals surface area contributed by atoms with Crippen LogP contribution in [-0.4, -0.2) is 0 Å². The summed E-state index contributed by atoms with van der Waals surface area (Å²) >= 11 is 3.00. The van der Waals surface area contributed by atoms with Crippen LogP contribution in [0.25, 0.3) is 0 Å². The quantitative estimate of drug-likeness (QED) is 0.159. The van der Waals surface area contributed by atoms with Gasteiger partial charge < -0.3 is 5.21 Å². The van der Waals surface area contributed by atoms with Crippen LogP contribution in [0.5, 0.6) is 0 Å². The van der Waals surface area contributed by atoms with E-state index in [1.807, 2.05) is 0 Å². The number of nitrogens with one attached hydrogen (secondary N) is 1. The van der Waals surface area contributed by atoms with Crippen molar-refractivity contribution < 1.29 is 33.8 Å². The van der Waals surface area contributed by atoms with Crippen LogP contribution in [0.2, 0.25) is 0 Å². The van der Waals surface area contributed by atoms with E-state index in [9.17, 15) is 0 Å². The van der Waals surface area contributed by atoms with Gasteiger partial charge in [0.15, 0.2) is 0 Å². The Morgan fingerprint density at radius 3 is 2.00 bits per heavy atom. The summed E-state index contributed by atoms with van der Waals surface area (Å²) in [6.45, 7) is 0. The van der Waals surface area contributed by atoms with Gasteiger partial charge in [0.1, 0.15) is 0 Å². The van der Waals surface area contributed by atoms with Gasteiger partial charge in [-0.15, -0.1) is 0 Å². The van der Waals surface area contributed by atoms with E-state index in [-0.39, 0.29) is 29.6 Å². The largest absolute Gasteiger partial charge is 1.00 e. The normalized spacial score (nSPS) is 6.00. The molecule has 0 radical (unpaired) electrons. The Labute approximate surface area is 57.5 Å². The molecule has 0 atom stereocenters. The fraction of sp³-hybridized carbons (Fsp3) is 0. The van der Waals surface area contributed by atoms with Gasteiger partial charge in [-0.3, -0.25) is 5.64 Å². The molecule has 3 nitrogen and oxygen atoms in total. The summed E-state index contributed by atoms with van der Waals surface area (Å²) in [6.07, 6.45) is 0. The SMILES string of the molecule is [Na+].[O-]NOS. The fourth-order valence-electron chi connectivity index (χ4n) is 0. The van der Waals surface area contributed by atoms with Crippen LogP contribution in [0.15, 0.2) is 0 Å². The second-order valence-electron chi connectivity index (χ2n) is 0.175. The van der Waals surface area contributed by atoms with Gasteiger partial charge >= 0.3 is 29.6 Å². The molecular formula is H2NNaO2S. The molecule has 0 aliphatic carbocycles. The first-order valence-corrected chi connectivity index (χ1v) is 0.956. The van der Waals surface area contributed by atoms with Crippen molar-refractivity contribution in [3.8, 4) is 0 Å². The Morgan fingerprint density at radius 1 is 1.80 bits per heavy atom. The molecule has 0 fully saturated rings. The summed E-state index contributed by atoms with van der Waals surface area (Å²) < 4.78 is 3.43. The fourth-order valence-corrected chi connectivity index (χ4v) is 0. The zero-order valence-electron chi connectivity index (χ0n) is 2.76. The van der Waals surface area contributed by atoms with Gasteiger partial charge in [-0.05, 0) is 12.9 Å². The van der Waals surface area contributed by atoms with E-state index in [0.717, 1.165) is 5.64 Å². The molecule has 0 aromatic heterocycles. The third-order valence-electron chi connectivity index (χ3n) is 0.0373. The second-order valence-corrected chi connectivity index (χ2v) is 0.357. The third-order valence-corrected chi connectivity index (χ3v) is 0.112. The molecule has 0 aromatic carbocycles. The second kappa shape index (κ2) is 8.97. The first kappa shape index (κ1) is 9.52. The Kier molecular flexibility index (Phi) is 17.1. The minimum Gasteiger partial charge on any atom is -0.764 e. The molecule has 0 unspecified atom stereocenters. The number of hydrogen-bond acceptors (Lipinski definition) is 4. The van der Waals surface area contributed by atoms with Crippen LogP contribution in [0.3, 0.4) is 0 Å². The molecule has 0 rings (SSSR count). The molecule has 0 spiro atoms. The number of thiol groups is 1. The van der Waals surface area contributed by atoms with Crippen molar-refractivity contribution in [2.24, 2.45) is 0 Å². The summed E-state index contributed by atoms with van der Waals surface area (Å²) in [4.78, 5) is 0. The molecule has 5 heavy (non-hydrogen) atoms. The van der Waals surface area contributed by atoms with Crippen molar-refractivity contribution in [2.45, 2.75) is 0 Å². The maximum atomic E-state index is 8.75. The molecular weight excluding hydrogens is 101 g/mol. The predicted octanol–water partition coefficient (Wildman–Crippen LogP) is -3.15. The molecule has 0 aliphatic rings. The van der Waals surface area contributed by atoms with E-state index in [4.69, 9.17) is 5.21 Å². The molecule has 0 bridgehead atoms. The van der Waals surface area contributed by atoms with Gasteiger partial charge in [0.25, 0.3) is 0 Å². The Hall–Kier alpha value is 1.23. The van der Waals surface area contributed by atoms with Crippen LogP contribution < -0.4 is 35.2 Å². The smallest absolute Gasteiger partial charge is 0.764 e. The van der Waals surface area contributed by atoms with Crippen molar-refractivity contribution in [3.63, 3.8) is 0 Å². The number of hydrogen-bond donors (Lipinski definition) is 2. The van der Waals surface area contributed by atoms with Crippen molar-refractivity contribution in [1.82, 2.24) is 5.64 Å². The summed E-state index contributed by atoms with van der Waals surface area (Å²) in [7, 11) is 0. The first-order valence-electron chi connectivity index (χ1n) is 0.591. The average Bonchev–Trinajstić information content (AvgIpc) is 1.37. The zero-order chi connectivity index (χ0) is 3.41. The van der Waals surface area contributed by atoms with Crippen LogP contribution >= 0.6 is 12.9 Å². The molecule has 0 saturated heterocycles. The van der Waals surface area contributed by atoms with E-state index in [1.54, 1.807) is 0 Å². The molecule has 0 heterocycles. The van der Waals surface area contributed by atoms with Gasteiger partial charge in [0, 0.05) is 0 Å². The van der Waals surface area contributed by atoms with Gasteiger partial charge in [-0.25, -0.2) is 4.28 Å². The minimum atomic E-state index is 0. The van der Waals surface area contributed by atoms with Crippen molar-refractivity contribution in [2.75, 3.05) is 0 Å². The van der Waals surface area contributed by atoms with Crippen molar-refractivity contribution in [3.05, 3.63) is 5.21 Å².